The van der Waals surface area contributed by atoms with Gasteiger partial charge in [0, 0.05) is 43.8 Å². The van der Waals surface area contributed by atoms with Gasteiger partial charge in [0.1, 0.15) is 22.3 Å². The maximum Gasteiger partial charge on any atom is 0.138 e. The highest BCUT2D eigenvalue weighted by molar-refractivity contribution is 6.16. The van der Waals surface area contributed by atoms with Gasteiger partial charge < -0.3 is 13.4 Å². The topological polar surface area (TPSA) is 31.2 Å². The Bertz CT molecular complexity index is 3740. The first-order chi connectivity index (χ1) is 29.5. The minimum absolute atomic E-state index is 0.247. The monoisotopic (exact) mass is 767 g/mol. The lowest BCUT2D eigenvalue weighted by Gasteiger charge is -2.25. The molecular formula is C57H37NO2. The summed E-state index contributed by atoms with van der Waals surface area (Å²) in [6, 6.07) is 68.2. The fourth-order valence-corrected chi connectivity index (χ4v) is 10.4. The third-order valence-electron chi connectivity index (χ3n) is 13.2. The Hall–Kier alpha value is -7.62. The predicted octanol–water partition coefficient (Wildman–Crippen LogP) is 15.9. The van der Waals surface area contributed by atoms with Crippen molar-refractivity contribution in [2.24, 2.45) is 0 Å². The highest BCUT2D eigenvalue weighted by atomic mass is 16.3. The fraction of sp³-hybridized carbons (Fsp3) is 0.0526. The number of hydrogen-bond donors (Lipinski definition) is 0. The molecule has 0 aliphatic heterocycles. The summed E-state index contributed by atoms with van der Waals surface area (Å²) in [4.78, 5) is 0. The molecule has 0 fully saturated rings. The van der Waals surface area contributed by atoms with Gasteiger partial charge in [-0.25, -0.2) is 0 Å². The second kappa shape index (κ2) is 12.2. The number of benzene rings is 9. The zero-order chi connectivity index (χ0) is 39.7. The molecule has 1 aliphatic carbocycles. The van der Waals surface area contributed by atoms with Gasteiger partial charge in [-0.05, 0) is 110 Å². The molecule has 3 heterocycles. The molecule has 3 aromatic heterocycles. The molecule has 13 rings (SSSR count). The highest BCUT2D eigenvalue weighted by Gasteiger charge is 2.38. The van der Waals surface area contributed by atoms with E-state index in [-0.39, 0.29) is 5.41 Å². The summed E-state index contributed by atoms with van der Waals surface area (Å²) in [7, 11) is 0. The Balaban J connectivity index is 1.03. The molecule has 12 aromatic rings. The number of nitrogens with zero attached hydrogens (tertiary/aromatic N) is 1. The normalized spacial score (nSPS) is 13.3. The molecule has 282 valence electrons. The lowest BCUT2D eigenvalue weighted by Crippen LogP contribution is -2.16. The molecule has 0 saturated heterocycles. The largest absolute Gasteiger partial charge is 0.456 e. The molecule has 0 N–H and O–H groups in total. The van der Waals surface area contributed by atoms with Gasteiger partial charge in [0.2, 0.25) is 0 Å². The molecule has 0 radical (unpaired) electrons. The van der Waals surface area contributed by atoms with Crippen LogP contribution in [0.1, 0.15) is 25.0 Å². The van der Waals surface area contributed by atoms with Crippen molar-refractivity contribution >= 4 is 65.7 Å². The van der Waals surface area contributed by atoms with Crippen molar-refractivity contribution < 1.29 is 8.83 Å². The van der Waals surface area contributed by atoms with E-state index in [1.807, 2.05) is 12.1 Å². The summed E-state index contributed by atoms with van der Waals surface area (Å²) in [5.74, 6) is 0. The predicted molar refractivity (Wildman–Crippen MR) is 249 cm³/mol. The summed E-state index contributed by atoms with van der Waals surface area (Å²) in [5.41, 5.74) is 19.2. The van der Waals surface area contributed by atoms with Crippen molar-refractivity contribution in [3.8, 4) is 50.2 Å². The van der Waals surface area contributed by atoms with Gasteiger partial charge in [0.05, 0.1) is 16.7 Å². The van der Waals surface area contributed by atoms with E-state index in [4.69, 9.17) is 8.83 Å². The SMILES string of the molecule is CC1(C)c2cc(-c3ccccc3)ccc2-c2cccc(-c3cc(-n4c5ccccc5c5cc(-c6ccc7oc8ccccc8c7c6)ccc54)cc4oc5ccccc5c34)c21. The van der Waals surface area contributed by atoms with Gasteiger partial charge in [0.25, 0.3) is 0 Å². The molecule has 0 amide bonds. The quantitative estimate of drug-likeness (QED) is 0.179. The summed E-state index contributed by atoms with van der Waals surface area (Å²) in [6.45, 7) is 4.78. The molecule has 3 heteroatoms. The number of hydrogen-bond acceptors (Lipinski definition) is 2. The summed E-state index contributed by atoms with van der Waals surface area (Å²) in [5, 5.41) is 6.95. The van der Waals surface area contributed by atoms with Crippen molar-refractivity contribution in [2.45, 2.75) is 19.3 Å². The minimum atomic E-state index is -0.247. The maximum atomic E-state index is 6.79. The summed E-state index contributed by atoms with van der Waals surface area (Å²) >= 11 is 0. The average Bonchev–Trinajstić information content (AvgIpc) is 4.02. The molecule has 1 aliphatic rings. The van der Waals surface area contributed by atoms with Crippen LogP contribution in [-0.2, 0) is 5.41 Å². The molecule has 0 saturated carbocycles. The van der Waals surface area contributed by atoms with Gasteiger partial charge in [0.15, 0.2) is 0 Å². The van der Waals surface area contributed by atoms with Gasteiger partial charge in [-0.2, -0.15) is 0 Å². The van der Waals surface area contributed by atoms with E-state index in [1.54, 1.807) is 0 Å². The maximum absolute atomic E-state index is 6.79. The number of fused-ring (bicyclic) bond motifs is 12. The average molecular weight is 768 g/mol. The smallest absolute Gasteiger partial charge is 0.138 e. The molecule has 9 aromatic carbocycles. The lowest BCUT2D eigenvalue weighted by molar-refractivity contribution is 0.662. The molecule has 0 bridgehead atoms. The van der Waals surface area contributed by atoms with Crippen molar-refractivity contribution in [2.75, 3.05) is 0 Å². The van der Waals surface area contributed by atoms with Crippen molar-refractivity contribution in [3.05, 3.63) is 199 Å². The van der Waals surface area contributed by atoms with Crippen LogP contribution in [0.3, 0.4) is 0 Å². The van der Waals surface area contributed by atoms with Gasteiger partial charge in [-0.1, -0.05) is 141 Å². The zero-order valence-corrected chi connectivity index (χ0v) is 33.2. The van der Waals surface area contributed by atoms with E-state index in [1.165, 1.54) is 60.8 Å². The lowest BCUT2D eigenvalue weighted by atomic mass is 9.78. The number of aromatic nitrogens is 1. The fourth-order valence-electron chi connectivity index (χ4n) is 10.4. The molecule has 3 nitrogen and oxygen atoms in total. The van der Waals surface area contributed by atoms with E-state index in [0.717, 1.165) is 66.2 Å². The standard InChI is InChI=1S/C57H37NO2/c1-57(2)48-31-37(34-13-4-3-5-14-34)23-26-39(48)42-18-12-19-43(56(42)57)47-32-38(33-54-55(47)44-17-8-11-22-52(44)60-54)58-49-20-9-6-15-40(49)45-29-35(24-27-50(45)58)36-25-28-53-46(30-36)41-16-7-10-21-51(41)59-53/h3-33H,1-2H3. The molecule has 0 spiro atoms. The van der Waals surface area contributed by atoms with Crippen molar-refractivity contribution in [3.63, 3.8) is 0 Å². The molecular weight excluding hydrogens is 731 g/mol. The van der Waals surface area contributed by atoms with Crippen LogP contribution in [0.2, 0.25) is 0 Å². The third-order valence-corrected chi connectivity index (χ3v) is 13.2. The third kappa shape index (κ3) is 4.66. The van der Waals surface area contributed by atoms with Crippen LogP contribution in [0.25, 0.3) is 116 Å². The van der Waals surface area contributed by atoms with Crippen molar-refractivity contribution in [1.82, 2.24) is 4.57 Å². The van der Waals surface area contributed by atoms with Crippen LogP contribution in [-0.4, -0.2) is 4.57 Å². The first-order valence-electron chi connectivity index (χ1n) is 20.7. The number of rotatable bonds is 4. The minimum Gasteiger partial charge on any atom is -0.456 e. The van der Waals surface area contributed by atoms with Gasteiger partial charge in [-0.3, -0.25) is 0 Å². The van der Waals surface area contributed by atoms with Gasteiger partial charge in [-0.15, -0.1) is 0 Å². The summed E-state index contributed by atoms with van der Waals surface area (Å²) < 4.78 is 15.4. The van der Waals surface area contributed by atoms with E-state index in [0.29, 0.717) is 0 Å². The van der Waals surface area contributed by atoms with E-state index >= 15 is 0 Å². The summed E-state index contributed by atoms with van der Waals surface area (Å²) in [6.07, 6.45) is 0. The Morgan fingerprint density at radius 2 is 0.967 bits per heavy atom. The van der Waals surface area contributed by atoms with Gasteiger partial charge >= 0.3 is 0 Å². The van der Waals surface area contributed by atoms with Crippen LogP contribution in [0.15, 0.2) is 197 Å². The number of furan rings is 2. The second-order valence-corrected chi connectivity index (χ2v) is 16.8. The van der Waals surface area contributed by atoms with Crippen LogP contribution in [0.4, 0.5) is 0 Å². The van der Waals surface area contributed by atoms with Crippen LogP contribution >= 0.6 is 0 Å². The highest BCUT2D eigenvalue weighted by Crippen LogP contribution is 2.54. The second-order valence-electron chi connectivity index (χ2n) is 16.8. The van der Waals surface area contributed by atoms with E-state index in [2.05, 4.69) is 194 Å². The molecule has 60 heavy (non-hydrogen) atoms. The van der Waals surface area contributed by atoms with Crippen LogP contribution < -0.4 is 0 Å². The Labute approximate surface area is 346 Å². The Morgan fingerprint density at radius 1 is 0.367 bits per heavy atom. The molecule has 0 atom stereocenters. The number of para-hydroxylation sites is 3. The van der Waals surface area contributed by atoms with Crippen LogP contribution in [0.5, 0.6) is 0 Å². The molecule has 0 unspecified atom stereocenters. The van der Waals surface area contributed by atoms with Crippen molar-refractivity contribution in [1.29, 1.82) is 0 Å². The van der Waals surface area contributed by atoms with E-state index in [9.17, 15) is 0 Å². The first kappa shape index (κ1) is 33.4. The Kier molecular flexibility index (Phi) is 6.78. The first-order valence-corrected chi connectivity index (χ1v) is 20.7. The zero-order valence-electron chi connectivity index (χ0n) is 33.2. The van der Waals surface area contributed by atoms with E-state index < -0.39 is 0 Å². The van der Waals surface area contributed by atoms with Crippen LogP contribution in [0, 0.1) is 0 Å². The Morgan fingerprint density at radius 3 is 1.80 bits per heavy atom.